The third kappa shape index (κ3) is 3.09. The number of nitrogens with one attached hydrogen (secondary N) is 1. The molecule has 0 atom stereocenters. The summed E-state index contributed by atoms with van der Waals surface area (Å²) >= 11 is 0. The molecule has 0 unspecified atom stereocenters. The Kier molecular flexibility index (Phi) is 4.26. The Labute approximate surface area is 117 Å². The van der Waals surface area contributed by atoms with E-state index < -0.39 is 10.0 Å². The molecule has 0 bridgehead atoms. The lowest BCUT2D eigenvalue weighted by atomic mass is 10.3. The Morgan fingerprint density at radius 1 is 1.35 bits per heavy atom. The van der Waals surface area contributed by atoms with E-state index in [-0.39, 0.29) is 29.6 Å². The number of ether oxygens (including phenoxy) is 1. The molecular weight excluding hydrogens is 284 g/mol. The summed E-state index contributed by atoms with van der Waals surface area (Å²) in [5.41, 5.74) is 0.321. The smallest absolute Gasteiger partial charge is 0.246 e. The third-order valence-corrected chi connectivity index (χ3v) is 4.80. The molecular formula is C12H16N2O5S. The van der Waals surface area contributed by atoms with E-state index in [2.05, 4.69) is 5.32 Å². The van der Waals surface area contributed by atoms with Gasteiger partial charge in [-0.15, -0.1) is 0 Å². The first-order valence-corrected chi connectivity index (χ1v) is 7.54. The molecule has 1 aliphatic rings. The van der Waals surface area contributed by atoms with Gasteiger partial charge in [-0.3, -0.25) is 4.79 Å². The SMILES string of the molecule is CC(=O)Nc1ccc(O)c(S(=O)(=O)N2CCOCC2)c1. The number of phenolic OH excluding ortho intramolecular Hbond substituents is 1. The van der Waals surface area contributed by atoms with E-state index in [0.29, 0.717) is 18.9 Å². The summed E-state index contributed by atoms with van der Waals surface area (Å²) in [6.07, 6.45) is 0. The first-order valence-electron chi connectivity index (χ1n) is 6.10. The zero-order valence-electron chi connectivity index (χ0n) is 11.0. The van der Waals surface area contributed by atoms with Crippen LogP contribution < -0.4 is 5.32 Å². The Bertz CT molecular complexity index is 608. The summed E-state index contributed by atoms with van der Waals surface area (Å²) in [6.45, 7) is 2.46. The molecule has 1 heterocycles. The largest absolute Gasteiger partial charge is 0.507 e. The lowest BCUT2D eigenvalue weighted by molar-refractivity contribution is -0.114. The van der Waals surface area contributed by atoms with Gasteiger partial charge in [0.1, 0.15) is 10.6 Å². The molecule has 1 fully saturated rings. The van der Waals surface area contributed by atoms with Crippen molar-refractivity contribution in [1.82, 2.24) is 4.31 Å². The van der Waals surface area contributed by atoms with Gasteiger partial charge in [-0.05, 0) is 18.2 Å². The summed E-state index contributed by atoms with van der Waals surface area (Å²) in [5, 5.41) is 12.3. The predicted molar refractivity (Wildman–Crippen MR) is 72.0 cm³/mol. The molecule has 1 aromatic rings. The van der Waals surface area contributed by atoms with Crippen LogP contribution in [-0.2, 0) is 19.6 Å². The van der Waals surface area contributed by atoms with Crippen LogP contribution in [0.1, 0.15) is 6.92 Å². The van der Waals surface area contributed by atoms with E-state index in [1.165, 1.54) is 29.4 Å². The molecule has 0 saturated carbocycles. The van der Waals surface area contributed by atoms with Crippen molar-refractivity contribution in [2.75, 3.05) is 31.6 Å². The summed E-state index contributed by atoms with van der Waals surface area (Å²) in [6, 6.07) is 3.94. The molecule has 2 rings (SSSR count). The second-order valence-electron chi connectivity index (χ2n) is 4.38. The van der Waals surface area contributed by atoms with Crippen LogP contribution >= 0.6 is 0 Å². The summed E-state index contributed by atoms with van der Waals surface area (Å²) in [5.74, 6) is -0.656. The predicted octanol–water partition coefficient (Wildman–Crippen LogP) is 0.371. The zero-order valence-corrected chi connectivity index (χ0v) is 11.8. The van der Waals surface area contributed by atoms with Crippen molar-refractivity contribution in [3.05, 3.63) is 18.2 Å². The Hall–Kier alpha value is -1.64. The number of nitrogens with zero attached hydrogens (tertiary/aromatic N) is 1. The average molecular weight is 300 g/mol. The minimum Gasteiger partial charge on any atom is -0.507 e. The maximum atomic E-state index is 12.4. The maximum absolute atomic E-state index is 12.4. The van der Waals surface area contributed by atoms with Gasteiger partial charge in [-0.2, -0.15) is 4.31 Å². The molecule has 1 amide bonds. The van der Waals surface area contributed by atoms with E-state index in [1.54, 1.807) is 0 Å². The normalized spacial score (nSPS) is 16.9. The molecule has 0 radical (unpaired) electrons. The van der Waals surface area contributed by atoms with Crippen LogP contribution in [0.2, 0.25) is 0 Å². The molecule has 1 aliphatic heterocycles. The van der Waals surface area contributed by atoms with Gasteiger partial charge >= 0.3 is 0 Å². The van der Waals surface area contributed by atoms with Gasteiger partial charge in [0.2, 0.25) is 15.9 Å². The van der Waals surface area contributed by atoms with Crippen LogP contribution in [0.25, 0.3) is 0 Å². The van der Waals surface area contributed by atoms with Crippen LogP contribution in [0.3, 0.4) is 0 Å². The second kappa shape index (κ2) is 5.78. The number of hydrogen-bond donors (Lipinski definition) is 2. The number of carbonyl (C=O) groups is 1. The van der Waals surface area contributed by atoms with Crippen LogP contribution in [0, 0.1) is 0 Å². The summed E-state index contributed by atoms with van der Waals surface area (Å²) < 4.78 is 31.3. The Morgan fingerprint density at radius 2 is 2.00 bits per heavy atom. The first-order chi connectivity index (χ1) is 9.41. The molecule has 2 N–H and O–H groups in total. The van der Waals surface area contributed by atoms with Gasteiger partial charge in [0.05, 0.1) is 13.2 Å². The van der Waals surface area contributed by atoms with Crippen LogP contribution in [0.5, 0.6) is 5.75 Å². The highest BCUT2D eigenvalue weighted by atomic mass is 32.2. The highest BCUT2D eigenvalue weighted by Gasteiger charge is 2.29. The standard InChI is InChI=1S/C12H16N2O5S/c1-9(15)13-10-2-3-11(16)12(8-10)20(17,18)14-4-6-19-7-5-14/h2-3,8,16H,4-7H2,1H3,(H,13,15). The zero-order chi connectivity index (χ0) is 14.8. The lowest BCUT2D eigenvalue weighted by Gasteiger charge is -2.26. The first kappa shape index (κ1) is 14.8. The maximum Gasteiger partial charge on any atom is 0.246 e. The van der Waals surface area contributed by atoms with Crippen molar-refractivity contribution in [1.29, 1.82) is 0 Å². The molecule has 1 aromatic carbocycles. The molecule has 8 heteroatoms. The van der Waals surface area contributed by atoms with Gasteiger partial charge in [-0.25, -0.2) is 8.42 Å². The third-order valence-electron chi connectivity index (χ3n) is 2.87. The van der Waals surface area contributed by atoms with Crippen molar-refractivity contribution in [3.8, 4) is 5.75 Å². The van der Waals surface area contributed by atoms with Gasteiger partial charge in [-0.1, -0.05) is 0 Å². The van der Waals surface area contributed by atoms with E-state index in [4.69, 9.17) is 4.74 Å². The highest BCUT2D eigenvalue weighted by Crippen LogP contribution is 2.29. The number of sulfonamides is 1. The minimum absolute atomic E-state index is 0.217. The monoisotopic (exact) mass is 300 g/mol. The fraction of sp³-hybridized carbons (Fsp3) is 0.417. The summed E-state index contributed by atoms with van der Waals surface area (Å²) in [7, 11) is -3.80. The number of aromatic hydroxyl groups is 1. The molecule has 7 nitrogen and oxygen atoms in total. The fourth-order valence-corrected chi connectivity index (χ4v) is 3.44. The molecule has 110 valence electrons. The van der Waals surface area contributed by atoms with Crippen LogP contribution in [0.4, 0.5) is 5.69 Å². The highest BCUT2D eigenvalue weighted by molar-refractivity contribution is 7.89. The quantitative estimate of drug-likeness (QED) is 0.786. The number of amides is 1. The molecule has 0 spiro atoms. The van der Waals surface area contributed by atoms with E-state index in [0.717, 1.165) is 0 Å². The van der Waals surface area contributed by atoms with Gasteiger partial charge < -0.3 is 15.2 Å². The van der Waals surface area contributed by atoms with Crippen molar-refractivity contribution in [3.63, 3.8) is 0 Å². The Balaban J connectivity index is 2.36. The number of anilines is 1. The average Bonchev–Trinajstić information content (AvgIpc) is 2.41. The van der Waals surface area contributed by atoms with Crippen molar-refractivity contribution in [2.45, 2.75) is 11.8 Å². The van der Waals surface area contributed by atoms with E-state index >= 15 is 0 Å². The number of carbonyl (C=O) groups excluding carboxylic acids is 1. The second-order valence-corrected chi connectivity index (χ2v) is 6.29. The van der Waals surface area contributed by atoms with Crippen molar-refractivity contribution < 1.29 is 23.1 Å². The van der Waals surface area contributed by atoms with Crippen molar-refractivity contribution in [2.24, 2.45) is 0 Å². The number of benzene rings is 1. The Morgan fingerprint density at radius 3 is 2.60 bits per heavy atom. The number of morpholine rings is 1. The molecule has 1 saturated heterocycles. The number of hydrogen-bond acceptors (Lipinski definition) is 5. The minimum atomic E-state index is -3.80. The lowest BCUT2D eigenvalue weighted by Crippen LogP contribution is -2.40. The number of phenols is 1. The number of rotatable bonds is 3. The molecule has 0 aromatic heterocycles. The van der Waals surface area contributed by atoms with Crippen LogP contribution in [0.15, 0.2) is 23.1 Å². The van der Waals surface area contributed by atoms with Crippen molar-refractivity contribution >= 4 is 21.6 Å². The van der Waals surface area contributed by atoms with Gasteiger partial charge in [0.25, 0.3) is 0 Å². The van der Waals surface area contributed by atoms with Gasteiger partial charge in [0, 0.05) is 25.7 Å². The van der Waals surface area contributed by atoms with Crippen LogP contribution in [-0.4, -0.2) is 50.0 Å². The van der Waals surface area contributed by atoms with Gasteiger partial charge in [0.15, 0.2) is 0 Å². The summed E-state index contributed by atoms with van der Waals surface area (Å²) in [4.78, 5) is 10.8. The molecule has 20 heavy (non-hydrogen) atoms. The fourth-order valence-electron chi connectivity index (χ4n) is 1.93. The van der Waals surface area contributed by atoms with E-state index in [1.807, 2.05) is 0 Å². The molecule has 0 aliphatic carbocycles. The van der Waals surface area contributed by atoms with E-state index in [9.17, 15) is 18.3 Å². The topological polar surface area (TPSA) is 95.9 Å².